The zero-order chi connectivity index (χ0) is 24.0. The van der Waals surface area contributed by atoms with E-state index in [2.05, 4.69) is 0 Å². The number of pyridine rings is 1. The van der Waals surface area contributed by atoms with E-state index in [0.29, 0.717) is 71.2 Å². The number of methoxy groups -OCH3 is 1. The zero-order valence-electron chi connectivity index (χ0n) is 20.8. The standard InChI is InChI=1S/C26H41N3O5/c1-32-24-18-22-20-28-12-14-33-16-17-34-15-13-29(21-23(19-24)27-22)26(31)11-9-7-5-3-2-4-6-8-10-25(28)30/h18-19H,2-17,20-21H2,1H3. The fraction of sp³-hybridized carbons (Fsp3) is 0.731. The fourth-order valence-corrected chi connectivity index (χ4v) is 4.47. The van der Waals surface area contributed by atoms with Gasteiger partial charge in [0.2, 0.25) is 11.8 Å². The third-order valence-electron chi connectivity index (χ3n) is 6.47. The molecule has 1 aromatic rings. The Kier molecular flexibility index (Phi) is 11.6. The number of carbonyl (C=O) groups is 2. The number of carbonyl (C=O) groups excluding carboxylic acids is 2. The number of hydrogen-bond donors (Lipinski definition) is 0. The zero-order valence-corrected chi connectivity index (χ0v) is 20.8. The Morgan fingerprint density at radius 2 is 1.15 bits per heavy atom. The summed E-state index contributed by atoms with van der Waals surface area (Å²) in [6, 6.07) is 3.75. The van der Waals surface area contributed by atoms with Crippen molar-refractivity contribution in [2.24, 2.45) is 0 Å². The van der Waals surface area contributed by atoms with Crippen LogP contribution in [0.25, 0.3) is 0 Å². The van der Waals surface area contributed by atoms with Crippen molar-refractivity contribution in [3.63, 3.8) is 0 Å². The highest BCUT2D eigenvalue weighted by atomic mass is 16.5. The summed E-state index contributed by atoms with van der Waals surface area (Å²) in [5, 5.41) is 0. The summed E-state index contributed by atoms with van der Waals surface area (Å²) in [4.78, 5) is 34.6. The third-order valence-corrected chi connectivity index (χ3v) is 6.47. The summed E-state index contributed by atoms with van der Waals surface area (Å²) in [6.07, 6.45) is 9.75. The van der Waals surface area contributed by atoms with Gasteiger partial charge in [-0.05, 0) is 12.8 Å². The highest BCUT2D eigenvalue weighted by Gasteiger charge is 2.19. The molecule has 3 rings (SSSR count). The van der Waals surface area contributed by atoms with Crippen molar-refractivity contribution in [2.45, 2.75) is 77.3 Å². The normalized spacial score (nSPS) is 21.1. The average Bonchev–Trinajstić information content (AvgIpc) is 2.84. The second kappa shape index (κ2) is 14.9. The number of hydrogen-bond acceptors (Lipinski definition) is 6. The van der Waals surface area contributed by atoms with Gasteiger partial charge in [0.15, 0.2) is 0 Å². The molecule has 0 N–H and O–H groups in total. The van der Waals surface area contributed by atoms with E-state index in [0.717, 1.165) is 49.9 Å². The van der Waals surface area contributed by atoms with Gasteiger partial charge < -0.3 is 24.0 Å². The van der Waals surface area contributed by atoms with Gasteiger partial charge in [-0.1, -0.05) is 38.5 Å². The van der Waals surface area contributed by atoms with E-state index in [-0.39, 0.29) is 11.8 Å². The molecular formula is C26H41N3O5. The van der Waals surface area contributed by atoms with Crippen molar-refractivity contribution in [2.75, 3.05) is 46.6 Å². The summed E-state index contributed by atoms with van der Waals surface area (Å²) >= 11 is 0. The molecule has 4 bridgehead atoms. The molecule has 8 nitrogen and oxygen atoms in total. The first-order valence-corrected chi connectivity index (χ1v) is 12.9. The van der Waals surface area contributed by atoms with Crippen molar-refractivity contribution in [1.82, 2.24) is 14.8 Å². The molecule has 0 spiro atoms. The van der Waals surface area contributed by atoms with E-state index in [1.54, 1.807) is 7.11 Å². The molecule has 0 saturated heterocycles. The van der Waals surface area contributed by atoms with Crippen LogP contribution in [-0.4, -0.2) is 73.2 Å². The maximum Gasteiger partial charge on any atom is 0.222 e. The molecule has 0 radical (unpaired) electrons. The number of aromatic nitrogens is 1. The van der Waals surface area contributed by atoms with Crippen LogP contribution in [0.4, 0.5) is 0 Å². The van der Waals surface area contributed by atoms with Crippen LogP contribution >= 0.6 is 0 Å². The quantitative estimate of drug-likeness (QED) is 0.616. The van der Waals surface area contributed by atoms with Crippen LogP contribution in [-0.2, 0) is 32.2 Å². The molecule has 0 aromatic carbocycles. The van der Waals surface area contributed by atoms with Gasteiger partial charge in [-0.25, -0.2) is 0 Å². The molecule has 8 heteroatoms. The van der Waals surface area contributed by atoms with E-state index in [1.165, 1.54) is 12.8 Å². The second-order valence-corrected chi connectivity index (χ2v) is 9.17. The van der Waals surface area contributed by atoms with Crippen LogP contribution in [0, 0.1) is 0 Å². The van der Waals surface area contributed by atoms with Crippen molar-refractivity contribution >= 4 is 11.8 Å². The van der Waals surface area contributed by atoms with Gasteiger partial charge in [0.25, 0.3) is 0 Å². The first-order chi connectivity index (χ1) is 16.7. The van der Waals surface area contributed by atoms with E-state index in [1.807, 2.05) is 21.9 Å². The number of amides is 2. The highest BCUT2D eigenvalue weighted by Crippen LogP contribution is 2.19. The van der Waals surface area contributed by atoms with Gasteiger partial charge in [-0.3, -0.25) is 14.6 Å². The SMILES string of the molecule is COc1cc2nc(c1)CN1CCOCCOCCN(C2)C(=O)CCCCCCCCCCC1=O. The maximum absolute atomic E-state index is 13.1. The van der Waals surface area contributed by atoms with E-state index in [9.17, 15) is 9.59 Å². The molecule has 34 heavy (non-hydrogen) atoms. The number of ether oxygens (including phenoxy) is 3. The average molecular weight is 476 g/mol. The fourth-order valence-electron chi connectivity index (χ4n) is 4.47. The predicted molar refractivity (Wildman–Crippen MR) is 129 cm³/mol. The molecule has 2 aliphatic heterocycles. The predicted octanol–water partition coefficient (Wildman–Crippen LogP) is 3.71. The van der Waals surface area contributed by atoms with Gasteiger partial charge in [-0.15, -0.1) is 0 Å². The monoisotopic (exact) mass is 475 g/mol. The molecule has 0 fully saturated rings. The minimum absolute atomic E-state index is 0.130. The Hall–Kier alpha value is -2.19. The molecule has 2 amide bonds. The van der Waals surface area contributed by atoms with Crippen LogP contribution in [0.3, 0.4) is 0 Å². The Morgan fingerprint density at radius 3 is 1.59 bits per heavy atom. The van der Waals surface area contributed by atoms with Gasteiger partial charge in [0.05, 0.1) is 58.0 Å². The summed E-state index contributed by atoms with van der Waals surface area (Å²) in [5.41, 5.74) is 1.53. The highest BCUT2D eigenvalue weighted by molar-refractivity contribution is 5.76. The molecule has 1 aromatic heterocycles. The minimum Gasteiger partial charge on any atom is -0.497 e. The van der Waals surface area contributed by atoms with Crippen molar-refractivity contribution in [1.29, 1.82) is 0 Å². The lowest BCUT2D eigenvalue weighted by atomic mass is 10.1. The van der Waals surface area contributed by atoms with E-state index < -0.39 is 0 Å². The van der Waals surface area contributed by atoms with Crippen LogP contribution in [0.15, 0.2) is 12.1 Å². The van der Waals surface area contributed by atoms with E-state index in [4.69, 9.17) is 19.2 Å². The smallest absolute Gasteiger partial charge is 0.222 e. The Morgan fingerprint density at radius 1 is 0.706 bits per heavy atom. The Labute approximate surface area is 203 Å². The Bertz CT molecular complexity index is 715. The topological polar surface area (TPSA) is 81.2 Å². The summed E-state index contributed by atoms with van der Waals surface area (Å²) in [5.74, 6) is 0.942. The largest absolute Gasteiger partial charge is 0.497 e. The molecule has 0 saturated carbocycles. The molecule has 0 aliphatic carbocycles. The number of rotatable bonds is 1. The Balaban J connectivity index is 1.87. The lowest BCUT2D eigenvalue weighted by Gasteiger charge is -2.24. The van der Waals surface area contributed by atoms with Crippen LogP contribution in [0.2, 0.25) is 0 Å². The molecule has 3 heterocycles. The lowest BCUT2D eigenvalue weighted by molar-refractivity contribution is -0.133. The summed E-state index contributed by atoms with van der Waals surface area (Å²) < 4.78 is 17.0. The first kappa shape index (κ1) is 26.4. The van der Waals surface area contributed by atoms with Gasteiger partial charge in [0, 0.05) is 38.1 Å². The van der Waals surface area contributed by atoms with E-state index >= 15 is 0 Å². The number of fused-ring (bicyclic) bond motifs is 2. The van der Waals surface area contributed by atoms with Gasteiger partial charge >= 0.3 is 0 Å². The molecular weight excluding hydrogens is 434 g/mol. The molecule has 0 atom stereocenters. The molecule has 2 aliphatic rings. The summed E-state index contributed by atoms with van der Waals surface area (Å²) in [6.45, 7) is 3.67. The maximum atomic E-state index is 13.1. The third kappa shape index (κ3) is 9.22. The molecule has 0 unspecified atom stereocenters. The number of nitrogens with zero attached hydrogens (tertiary/aromatic N) is 3. The first-order valence-electron chi connectivity index (χ1n) is 12.9. The molecule has 190 valence electrons. The minimum atomic E-state index is 0.130. The second-order valence-electron chi connectivity index (χ2n) is 9.17. The lowest BCUT2D eigenvalue weighted by Crippen LogP contribution is -2.34. The summed E-state index contributed by atoms with van der Waals surface area (Å²) in [7, 11) is 1.63. The van der Waals surface area contributed by atoms with Gasteiger partial charge in [-0.2, -0.15) is 0 Å². The van der Waals surface area contributed by atoms with Crippen LogP contribution < -0.4 is 4.74 Å². The van der Waals surface area contributed by atoms with Crippen molar-refractivity contribution < 1.29 is 23.8 Å². The van der Waals surface area contributed by atoms with Crippen molar-refractivity contribution in [3.05, 3.63) is 23.5 Å². The van der Waals surface area contributed by atoms with Crippen molar-refractivity contribution in [3.8, 4) is 5.75 Å². The van der Waals surface area contributed by atoms with Crippen LogP contribution in [0.5, 0.6) is 5.75 Å². The van der Waals surface area contributed by atoms with Gasteiger partial charge in [0.1, 0.15) is 5.75 Å². The van der Waals surface area contributed by atoms with Crippen LogP contribution in [0.1, 0.15) is 75.6 Å².